The second kappa shape index (κ2) is 14.4. The molecule has 11 aromatic carbocycles. The van der Waals surface area contributed by atoms with Crippen LogP contribution >= 0.6 is 0 Å². The molecule has 1 aromatic heterocycles. The SMILES string of the molecule is CC1(C)c2ccccc2-c2ccc(N(c3ccccc3-c3ccc(-c4ccccc4)cc3)c3ccccc3-c3ccc4c5ccccc5c5c(ccc6oc7ccccc7c65)c4c3)cc21. The van der Waals surface area contributed by atoms with Crippen molar-refractivity contribution in [3.8, 4) is 44.5 Å². The van der Waals surface area contributed by atoms with Crippen LogP contribution in [0.3, 0.4) is 0 Å². The van der Waals surface area contributed by atoms with Gasteiger partial charge in [-0.15, -0.1) is 0 Å². The minimum absolute atomic E-state index is 0.159. The summed E-state index contributed by atoms with van der Waals surface area (Å²) in [6, 6.07) is 82.3. The third-order valence-electron chi connectivity index (χ3n) is 14.1. The molecular weight excluding hydrogens is 787 g/mol. The van der Waals surface area contributed by atoms with E-state index in [0.717, 1.165) is 50.3 Å². The number of anilines is 3. The second-order valence-corrected chi connectivity index (χ2v) is 18.0. The zero-order chi connectivity index (χ0) is 43.2. The maximum absolute atomic E-state index is 6.46. The number of furan rings is 1. The summed E-state index contributed by atoms with van der Waals surface area (Å²) in [6.45, 7) is 4.73. The van der Waals surface area contributed by atoms with E-state index in [1.165, 1.54) is 76.6 Å². The first-order chi connectivity index (χ1) is 32.0. The van der Waals surface area contributed by atoms with E-state index in [9.17, 15) is 0 Å². The zero-order valence-electron chi connectivity index (χ0n) is 36.2. The van der Waals surface area contributed by atoms with Gasteiger partial charge in [0.25, 0.3) is 0 Å². The van der Waals surface area contributed by atoms with Crippen LogP contribution in [0.15, 0.2) is 229 Å². The highest BCUT2D eigenvalue weighted by molar-refractivity contribution is 6.34. The van der Waals surface area contributed by atoms with Crippen molar-refractivity contribution in [2.45, 2.75) is 19.3 Å². The van der Waals surface area contributed by atoms with Crippen LogP contribution in [0.5, 0.6) is 0 Å². The smallest absolute Gasteiger partial charge is 0.136 e. The second-order valence-electron chi connectivity index (χ2n) is 18.0. The lowest BCUT2D eigenvalue weighted by Crippen LogP contribution is -2.17. The first-order valence-electron chi connectivity index (χ1n) is 22.6. The van der Waals surface area contributed by atoms with E-state index in [1.54, 1.807) is 0 Å². The average Bonchev–Trinajstić information content (AvgIpc) is 3.86. The minimum atomic E-state index is -0.159. The molecule has 0 unspecified atom stereocenters. The standard InChI is InChI=1S/C63H43NO/c1-63(2)55-24-12-8-21-49(55)50-35-33-44(39-56(50)63)64(57-25-13-9-18-45(57)42-30-28-41(29-31-42)40-16-4-3-5-17-40)58-26-14-10-19-46(58)43-32-34-48-47-20-6-7-22-51(47)61-52(54(48)38-43)36-37-60-62(61)53-23-11-15-27-59(53)65-60/h3-39H,1-2H3. The van der Waals surface area contributed by atoms with Crippen molar-refractivity contribution in [3.05, 3.63) is 236 Å². The highest BCUT2D eigenvalue weighted by atomic mass is 16.3. The first kappa shape index (κ1) is 37.4. The van der Waals surface area contributed by atoms with Crippen molar-refractivity contribution in [1.29, 1.82) is 0 Å². The highest BCUT2D eigenvalue weighted by Crippen LogP contribution is 2.52. The van der Waals surface area contributed by atoms with Gasteiger partial charge in [0.2, 0.25) is 0 Å². The summed E-state index contributed by atoms with van der Waals surface area (Å²) < 4.78 is 6.46. The number of benzene rings is 11. The summed E-state index contributed by atoms with van der Waals surface area (Å²) in [5.41, 5.74) is 17.4. The Hall–Kier alpha value is -8.20. The molecule has 1 aliphatic rings. The summed E-state index contributed by atoms with van der Waals surface area (Å²) in [7, 11) is 0. The Balaban J connectivity index is 1.04. The van der Waals surface area contributed by atoms with E-state index in [-0.39, 0.29) is 5.41 Å². The molecule has 0 spiro atoms. The summed E-state index contributed by atoms with van der Waals surface area (Å²) in [5.74, 6) is 0. The fourth-order valence-electron chi connectivity index (χ4n) is 11.0. The molecule has 0 saturated heterocycles. The zero-order valence-corrected chi connectivity index (χ0v) is 36.2. The molecule has 0 bridgehead atoms. The van der Waals surface area contributed by atoms with Crippen LogP contribution in [-0.2, 0) is 5.41 Å². The molecule has 1 heterocycles. The van der Waals surface area contributed by atoms with Gasteiger partial charge in [0.15, 0.2) is 0 Å². The van der Waals surface area contributed by atoms with Crippen molar-refractivity contribution < 1.29 is 4.42 Å². The summed E-state index contributed by atoms with van der Waals surface area (Å²) in [4.78, 5) is 2.50. The molecule has 0 saturated carbocycles. The van der Waals surface area contributed by atoms with E-state index in [1.807, 2.05) is 0 Å². The van der Waals surface area contributed by atoms with Crippen LogP contribution < -0.4 is 4.90 Å². The van der Waals surface area contributed by atoms with Gasteiger partial charge in [0.05, 0.1) is 11.4 Å². The van der Waals surface area contributed by atoms with Gasteiger partial charge in [-0.25, -0.2) is 0 Å². The molecule has 0 aliphatic heterocycles. The van der Waals surface area contributed by atoms with Gasteiger partial charge in [-0.3, -0.25) is 0 Å². The molecule has 306 valence electrons. The average molecular weight is 830 g/mol. The number of nitrogens with zero attached hydrogens (tertiary/aromatic N) is 1. The van der Waals surface area contributed by atoms with Crippen molar-refractivity contribution in [1.82, 2.24) is 0 Å². The third-order valence-corrected chi connectivity index (χ3v) is 14.1. The molecule has 2 heteroatoms. The van der Waals surface area contributed by atoms with Crippen molar-refractivity contribution in [2.75, 3.05) is 4.90 Å². The fraction of sp³-hybridized carbons (Fsp3) is 0.0476. The Bertz CT molecular complexity index is 3860. The van der Waals surface area contributed by atoms with E-state index in [2.05, 4.69) is 243 Å². The molecule has 12 aromatic rings. The molecule has 13 rings (SSSR count). The molecule has 0 atom stereocenters. The number of para-hydroxylation sites is 3. The highest BCUT2D eigenvalue weighted by Gasteiger charge is 2.36. The van der Waals surface area contributed by atoms with Crippen LogP contribution in [-0.4, -0.2) is 0 Å². The molecule has 1 aliphatic carbocycles. The number of fused-ring (bicyclic) bond motifs is 13. The van der Waals surface area contributed by atoms with Crippen LogP contribution in [0.1, 0.15) is 25.0 Å². The van der Waals surface area contributed by atoms with Gasteiger partial charge < -0.3 is 9.32 Å². The van der Waals surface area contributed by atoms with Gasteiger partial charge in [-0.2, -0.15) is 0 Å². The summed E-state index contributed by atoms with van der Waals surface area (Å²) >= 11 is 0. The summed E-state index contributed by atoms with van der Waals surface area (Å²) in [5, 5.41) is 9.70. The molecule has 0 radical (unpaired) electrons. The maximum atomic E-state index is 6.46. The first-order valence-corrected chi connectivity index (χ1v) is 22.6. The normalized spacial score (nSPS) is 12.9. The van der Waals surface area contributed by atoms with E-state index < -0.39 is 0 Å². The quantitative estimate of drug-likeness (QED) is 0.155. The van der Waals surface area contributed by atoms with Crippen molar-refractivity contribution in [3.63, 3.8) is 0 Å². The Morgan fingerprint density at radius 3 is 1.65 bits per heavy atom. The number of hydrogen-bond donors (Lipinski definition) is 0. The number of rotatable bonds is 6. The molecule has 0 N–H and O–H groups in total. The van der Waals surface area contributed by atoms with Gasteiger partial charge >= 0.3 is 0 Å². The monoisotopic (exact) mass is 829 g/mol. The van der Waals surface area contributed by atoms with Gasteiger partial charge in [-0.05, 0) is 120 Å². The Morgan fingerprint density at radius 1 is 0.323 bits per heavy atom. The predicted octanol–water partition coefficient (Wildman–Crippen LogP) is 17.8. The number of hydrogen-bond acceptors (Lipinski definition) is 2. The van der Waals surface area contributed by atoms with E-state index in [0.29, 0.717) is 0 Å². The van der Waals surface area contributed by atoms with Gasteiger partial charge in [0, 0.05) is 38.4 Å². The van der Waals surface area contributed by atoms with Gasteiger partial charge in [0.1, 0.15) is 11.2 Å². The Kier molecular flexibility index (Phi) is 8.29. The summed E-state index contributed by atoms with van der Waals surface area (Å²) in [6.07, 6.45) is 0. The van der Waals surface area contributed by atoms with Crippen LogP contribution in [0, 0.1) is 0 Å². The molecular formula is C63H43NO. The largest absolute Gasteiger partial charge is 0.456 e. The lowest BCUT2D eigenvalue weighted by molar-refractivity contribution is 0.660. The topological polar surface area (TPSA) is 16.4 Å². The predicted molar refractivity (Wildman–Crippen MR) is 275 cm³/mol. The van der Waals surface area contributed by atoms with Crippen LogP contribution in [0.2, 0.25) is 0 Å². The maximum Gasteiger partial charge on any atom is 0.136 e. The lowest BCUT2D eigenvalue weighted by atomic mass is 9.82. The molecule has 0 amide bonds. The minimum Gasteiger partial charge on any atom is -0.456 e. The van der Waals surface area contributed by atoms with Crippen molar-refractivity contribution in [2.24, 2.45) is 0 Å². The lowest BCUT2D eigenvalue weighted by Gasteiger charge is -2.31. The van der Waals surface area contributed by atoms with Crippen molar-refractivity contribution >= 4 is 71.3 Å². The third kappa shape index (κ3) is 5.74. The Morgan fingerprint density at radius 2 is 0.862 bits per heavy atom. The fourth-order valence-corrected chi connectivity index (χ4v) is 11.0. The molecule has 2 nitrogen and oxygen atoms in total. The van der Waals surface area contributed by atoms with Crippen LogP contribution in [0.25, 0.3) is 98.8 Å². The van der Waals surface area contributed by atoms with E-state index in [4.69, 9.17) is 4.42 Å². The molecule has 65 heavy (non-hydrogen) atoms. The van der Waals surface area contributed by atoms with Crippen LogP contribution in [0.4, 0.5) is 17.1 Å². The van der Waals surface area contributed by atoms with Gasteiger partial charge in [-0.1, -0.05) is 190 Å². The Labute approximate surface area is 378 Å². The van der Waals surface area contributed by atoms with E-state index >= 15 is 0 Å². The molecule has 0 fully saturated rings.